The second-order valence-electron chi connectivity index (χ2n) is 5.45. The minimum Gasteiger partial charge on any atom is -0.476 e. The molecular weight excluding hydrogens is 268 g/mol. The first-order chi connectivity index (χ1) is 10.1. The van der Waals surface area contributed by atoms with Crippen LogP contribution in [0.4, 0.5) is 11.5 Å². The van der Waals surface area contributed by atoms with Crippen LogP contribution in [-0.2, 0) is 11.3 Å². The van der Waals surface area contributed by atoms with Gasteiger partial charge in [0, 0.05) is 13.7 Å². The summed E-state index contributed by atoms with van der Waals surface area (Å²) in [5.41, 5.74) is 6.56. The van der Waals surface area contributed by atoms with Crippen LogP contribution in [0.5, 0.6) is 5.88 Å². The van der Waals surface area contributed by atoms with Crippen LogP contribution in [0.25, 0.3) is 0 Å². The van der Waals surface area contributed by atoms with E-state index in [9.17, 15) is 0 Å². The Labute approximate surface area is 127 Å². The summed E-state index contributed by atoms with van der Waals surface area (Å²) in [6.45, 7) is 8.24. The molecule has 1 rings (SSSR count). The van der Waals surface area contributed by atoms with Gasteiger partial charge in [0.15, 0.2) is 11.6 Å². The predicted molar refractivity (Wildman–Crippen MR) is 85.5 cm³/mol. The zero-order valence-electron chi connectivity index (χ0n) is 13.6. The van der Waals surface area contributed by atoms with Gasteiger partial charge in [-0.1, -0.05) is 27.2 Å². The number of aromatic nitrogens is 2. The number of anilines is 2. The number of nitrogens with zero attached hydrogens (tertiary/aromatic N) is 2. The molecule has 0 saturated carbocycles. The van der Waals surface area contributed by atoms with E-state index < -0.39 is 0 Å². The Morgan fingerprint density at radius 2 is 2.05 bits per heavy atom. The topological polar surface area (TPSA) is 82.3 Å². The molecule has 0 radical (unpaired) electrons. The molecule has 0 spiro atoms. The standard InChI is InChI=1S/C15H28N4O2/c1-5-6-9-21-15-13(16)14(17-8-7-11(2)3)18-12(19-15)10-20-4/h11H,5-10,16H2,1-4H3,(H,17,18,19). The number of hydrogen-bond acceptors (Lipinski definition) is 6. The van der Waals surface area contributed by atoms with Crippen molar-refractivity contribution in [1.29, 1.82) is 0 Å². The number of rotatable bonds is 10. The van der Waals surface area contributed by atoms with Gasteiger partial charge in [-0.15, -0.1) is 0 Å². The van der Waals surface area contributed by atoms with Crippen molar-refractivity contribution in [3.8, 4) is 5.88 Å². The van der Waals surface area contributed by atoms with Gasteiger partial charge in [-0.2, -0.15) is 4.98 Å². The summed E-state index contributed by atoms with van der Waals surface area (Å²) in [6.07, 6.45) is 3.09. The Balaban J connectivity index is 2.82. The summed E-state index contributed by atoms with van der Waals surface area (Å²) in [5.74, 6) is 2.27. The average Bonchev–Trinajstić information content (AvgIpc) is 2.43. The van der Waals surface area contributed by atoms with Gasteiger partial charge in [-0.25, -0.2) is 4.98 Å². The zero-order chi connectivity index (χ0) is 15.7. The number of ether oxygens (including phenoxy) is 2. The van der Waals surface area contributed by atoms with Gasteiger partial charge in [-0.05, 0) is 18.8 Å². The maximum Gasteiger partial charge on any atom is 0.242 e. The van der Waals surface area contributed by atoms with E-state index in [0.717, 1.165) is 25.8 Å². The smallest absolute Gasteiger partial charge is 0.242 e. The maximum absolute atomic E-state index is 6.09. The van der Waals surface area contributed by atoms with Gasteiger partial charge in [0.05, 0.1) is 6.61 Å². The second-order valence-corrected chi connectivity index (χ2v) is 5.45. The van der Waals surface area contributed by atoms with Crippen molar-refractivity contribution in [3.63, 3.8) is 0 Å². The van der Waals surface area contributed by atoms with Crippen molar-refractivity contribution >= 4 is 11.5 Å². The summed E-state index contributed by atoms with van der Waals surface area (Å²) in [5, 5.41) is 3.26. The fraction of sp³-hybridized carbons (Fsp3) is 0.733. The van der Waals surface area contributed by atoms with Gasteiger partial charge in [0.25, 0.3) is 0 Å². The minimum atomic E-state index is 0.337. The molecule has 0 atom stereocenters. The van der Waals surface area contributed by atoms with Gasteiger partial charge < -0.3 is 20.5 Å². The van der Waals surface area contributed by atoms with Crippen LogP contribution in [0.3, 0.4) is 0 Å². The van der Waals surface area contributed by atoms with Crippen LogP contribution < -0.4 is 15.8 Å². The summed E-state index contributed by atoms with van der Waals surface area (Å²) < 4.78 is 10.8. The Kier molecular flexibility index (Phi) is 7.82. The number of nitrogens with two attached hydrogens (primary N) is 1. The first kappa shape index (κ1) is 17.5. The Morgan fingerprint density at radius 3 is 2.67 bits per heavy atom. The zero-order valence-corrected chi connectivity index (χ0v) is 13.6. The van der Waals surface area contributed by atoms with Crippen LogP contribution in [0.1, 0.15) is 45.9 Å². The van der Waals surface area contributed by atoms with Crippen LogP contribution in [0.15, 0.2) is 0 Å². The molecule has 1 aromatic heterocycles. The van der Waals surface area contributed by atoms with Crippen molar-refractivity contribution in [3.05, 3.63) is 5.82 Å². The van der Waals surface area contributed by atoms with Crippen molar-refractivity contribution in [2.24, 2.45) is 5.92 Å². The lowest BCUT2D eigenvalue weighted by atomic mass is 10.1. The van der Waals surface area contributed by atoms with E-state index in [1.54, 1.807) is 7.11 Å². The molecular formula is C15H28N4O2. The van der Waals surface area contributed by atoms with Crippen molar-refractivity contribution < 1.29 is 9.47 Å². The fourth-order valence-corrected chi connectivity index (χ4v) is 1.72. The normalized spacial score (nSPS) is 10.9. The van der Waals surface area contributed by atoms with Crippen LogP contribution in [-0.4, -0.2) is 30.2 Å². The van der Waals surface area contributed by atoms with Crippen LogP contribution in [0.2, 0.25) is 0 Å². The Bertz CT molecular complexity index is 424. The van der Waals surface area contributed by atoms with Crippen molar-refractivity contribution in [1.82, 2.24) is 9.97 Å². The second kappa shape index (κ2) is 9.39. The van der Waals surface area contributed by atoms with E-state index in [1.165, 1.54) is 0 Å². The van der Waals surface area contributed by atoms with Gasteiger partial charge in [0.2, 0.25) is 5.88 Å². The summed E-state index contributed by atoms with van der Waals surface area (Å²) >= 11 is 0. The molecule has 3 N–H and O–H groups in total. The molecule has 120 valence electrons. The molecule has 0 bridgehead atoms. The van der Waals surface area contributed by atoms with Gasteiger partial charge >= 0.3 is 0 Å². The average molecular weight is 296 g/mol. The Morgan fingerprint density at radius 1 is 1.29 bits per heavy atom. The summed E-state index contributed by atoms with van der Waals surface area (Å²) in [4.78, 5) is 8.71. The van der Waals surface area contributed by atoms with Crippen molar-refractivity contribution in [2.45, 2.75) is 46.6 Å². The first-order valence-corrected chi connectivity index (χ1v) is 7.60. The largest absolute Gasteiger partial charge is 0.476 e. The van der Waals surface area contributed by atoms with E-state index in [0.29, 0.717) is 42.3 Å². The highest BCUT2D eigenvalue weighted by atomic mass is 16.5. The molecule has 1 aromatic rings. The van der Waals surface area contributed by atoms with Crippen LogP contribution >= 0.6 is 0 Å². The first-order valence-electron chi connectivity index (χ1n) is 7.60. The lowest BCUT2D eigenvalue weighted by molar-refractivity contribution is 0.176. The molecule has 6 nitrogen and oxygen atoms in total. The minimum absolute atomic E-state index is 0.337. The highest BCUT2D eigenvalue weighted by molar-refractivity contribution is 5.66. The Hall–Kier alpha value is -1.56. The molecule has 21 heavy (non-hydrogen) atoms. The molecule has 0 saturated heterocycles. The van der Waals surface area contributed by atoms with E-state index >= 15 is 0 Å². The summed E-state index contributed by atoms with van der Waals surface area (Å²) in [7, 11) is 1.61. The van der Waals surface area contributed by atoms with Crippen LogP contribution in [0, 0.1) is 5.92 Å². The molecule has 0 fully saturated rings. The predicted octanol–water partition coefficient (Wildman–Crippen LogP) is 2.84. The molecule has 0 amide bonds. The third-order valence-corrected chi connectivity index (χ3v) is 2.98. The van der Waals surface area contributed by atoms with E-state index in [-0.39, 0.29) is 0 Å². The summed E-state index contributed by atoms with van der Waals surface area (Å²) in [6, 6.07) is 0. The van der Waals surface area contributed by atoms with Gasteiger partial charge in [-0.3, -0.25) is 0 Å². The van der Waals surface area contributed by atoms with Crippen molar-refractivity contribution in [2.75, 3.05) is 31.3 Å². The molecule has 6 heteroatoms. The van der Waals surface area contributed by atoms with Gasteiger partial charge in [0.1, 0.15) is 12.3 Å². The number of nitrogen functional groups attached to an aromatic ring is 1. The molecule has 0 aliphatic heterocycles. The third-order valence-electron chi connectivity index (χ3n) is 2.98. The lowest BCUT2D eigenvalue weighted by Gasteiger charge is -2.14. The monoisotopic (exact) mass is 296 g/mol. The highest BCUT2D eigenvalue weighted by Crippen LogP contribution is 2.26. The lowest BCUT2D eigenvalue weighted by Crippen LogP contribution is -2.13. The molecule has 0 aromatic carbocycles. The molecule has 0 aliphatic rings. The van der Waals surface area contributed by atoms with E-state index in [1.807, 2.05) is 0 Å². The van der Waals surface area contributed by atoms with E-state index in [2.05, 4.69) is 36.1 Å². The number of hydrogen-bond donors (Lipinski definition) is 2. The number of unbranched alkanes of at least 4 members (excludes halogenated alkanes) is 1. The molecule has 0 aliphatic carbocycles. The third kappa shape index (κ3) is 6.16. The van der Waals surface area contributed by atoms with E-state index in [4.69, 9.17) is 15.2 Å². The number of methoxy groups -OCH3 is 1. The maximum atomic E-state index is 6.09. The highest BCUT2D eigenvalue weighted by Gasteiger charge is 2.13. The molecule has 0 unspecified atom stereocenters. The number of nitrogens with one attached hydrogen (secondary N) is 1. The molecule has 1 heterocycles. The quantitative estimate of drug-likeness (QED) is 0.646. The SMILES string of the molecule is CCCCOc1nc(COC)nc(NCCC(C)C)c1N. The fourth-order valence-electron chi connectivity index (χ4n) is 1.72.